The number of hydrogen-bond acceptors (Lipinski definition) is 2. The van der Waals surface area contributed by atoms with Gasteiger partial charge in [0.2, 0.25) is 0 Å². The lowest BCUT2D eigenvalue weighted by molar-refractivity contribution is -0.120. The molecule has 0 atom stereocenters. The molecule has 0 fully saturated rings. The highest BCUT2D eigenvalue weighted by molar-refractivity contribution is 5.94. The number of allylic oxidation sites excluding steroid dienone is 1. The van der Waals surface area contributed by atoms with Crippen molar-refractivity contribution in [3.05, 3.63) is 11.8 Å². The Bertz CT molecular complexity index is 208. The number of ketones is 1. The smallest absolute Gasteiger partial charge is 0.197 e. The van der Waals surface area contributed by atoms with Crippen LogP contribution in [0.25, 0.3) is 0 Å². The number of carbonyl (C=O) groups excluding carboxylic acids is 1. The van der Waals surface area contributed by atoms with Crippen molar-refractivity contribution in [1.29, 1.82) is 0 Å². The zero-order valence-corrected chi connectivity index (χ0v) is 8.02. The van der Waals surface area contributed by atoms with Crippen molar-refractivity contribution in [1.82, 2.24) is 0 Å². The van der Waals surface area contributed by atoms with Gasteiger partial charge in [0.15, 0.2) is 11.5 Å². The van der Waals surface area contributed by atoms with E-state index in [1.807, 2.05) is 6.08 Å². The van der Waals surface area contributed by atoms with E-state index in [1.165, 1.54) is 0 Å². The third kappa shape index (κ3) is 2.68. The van der Waals surface area contributed by atoms with Crippen LogP contribution < -0.4 is 0 Å². The van der Waals surface area contributed by atoms with Crippen molar-refractivity contribution in [3.63, 3.8) is 0 Å². The van der Waals surface area contributed by atoms with Gasteiger partial charge in [-0.2, -0.15) is 0 Å². The molecule has 12 heavy (non-hydrogen) atoms. The largest absolute Gasteiger partial charge is 0.490 e. The van der Waals surface area contributed by atoms with Gasteiger partial charge in [0, 0.05) is 12.8 Å². The monoisotopic (exact) mass is 168 g/mol. The molecule has 0 aromatic carbocycles. The zero-order chi connectivity index (χ0) is 9.19. The van der Waals surface area contributed by atoms with Crippen LogP contribution in [0.1, 0.15) is 33.6 Å². The molecule has 2 heteroatoms. The molecular formula is C10H16O2. The highest BCUT2D eigenvalue weighted by Crippen LogP contribution is 2.23. The summed E-state index contributed by atoms with van der Waals surface area (Å²) in [5, 5.41) is 0. The van der Waals surface area contributed by atoms with Crippen molar-refractivity contribution in [3.8, 4) is 0 Å². The summed E-state index contributed by atoms with van der Waals surface area (Å²) in [7, 11) is 0. The Hall–Kier alpha value is -0.790. The topological polar surface area (TPSA) is 26.3 Å². The maximum Gasteiger partial charge on any atom is 0.197 e. The molecular weight excluding hydrogens is 152 g/mol. The lowest BCUT2D eigenvalue weighted by Crippen LogP contribution is -2.14. The van der Waals surface area contributed by atoms with Crippen LogP contribution in [0.4, 0.5) is 0 Å². The van der Waals surface area contributed by atoms with Crippen LogP contribution in [-0.4, -0.2) is 12.4 Å². The second kappa shape index (κ2) is 3.30. The van der Waals surface area contributed by atoms with Crippen molar-refractivity contribution in [2.24, 2.45) is 5.41 Å². The first-order valence-corrected chi connectivity index (χ1v) is 4.35. The van der Waals surface area contributed by atoms with Gasteiger partial charge in [-0.25, -0.2) is 0 Å². The summed E-state index contributed by atoms with van der Waals surface area (Å²) in [6, 6.07) is 0. The Morgan fingerprint density at radius 1 is 1.58 bits per heavy atom. The van der Waals surface area contributed by atoms with Gasteiger partial charge < -0.3 is 4.74 Å². The van der Waals surface area contributed by atoms with E-state index >= 15 is 0 Å². The molecule has 0 aromatic rings. The molecule has 0 unspecified atom stereocenters. The summed E-state index contributed by atoms with van der Waals surface area (Å²) < 4.78 is 5.17. The van der Waals surface area contributed by atoms with E-state index in [0.29, 0.717) is 18.8 Å². The van der Waals surface area contributed by atoms with Crippen molar-refractivity contribution >= 4 is 5.78 Å². The lowest BCUT2D eigenvalue weighted by Gasteiger charge is -2.16. The fourth-order valence-electron chi connectivity index (χ4n) is 1.18. The summed E-state index contributed by atoms with van der Waals surface area (Å²) >= 11 is 0. The fourth-order valence-corrected chi connectivity index (χ4v) is 1.18. The molecule has 0 aliphatic carbocycles. The molecule has 1 aliphatic heterocycles. The molecule has 0 N–H and O–H groups in total. The normalized spacial score (nSPS) is 17.1. The maximum atomic E-state index is 11.5. The third-order valence-corrected chi connectivity index (χ3v) is 1.67. The van der Waals surface area contributed by atoms with E-state index in [9.17, 15) is 4.79 Å². The Kier molecular flexibility index (Phi) is 2.55. The van der Waals surface area contributed by atoms with Gasteiger partial charge in [0.05, 0.1) is 6.61 Å². The summed E-state index contributed by atoms with van der Waals surface area (Å²) in [4.78, 5) is 11.5. The Labute approximate surface area is 73.6 Å². The third-order valence-electron chi connectivity index (χ3n) is 1.67. The first-order valence-electron chi connectivity index (χ1n) is 4.35. The predicted octanol–water partition coefficient (Wildman–Crippen LogP) is 2.30. The Morgan fingerprint density at radius 2 is 2.25 bits per heavy atom. The van der Waals surface area contributed by atoms with E-state index in [1.54, 1.807) is 0 Å². The second-order valence-corrected chi connectivity index (χ2v) is 4.37. The molecule has 1 heterocycles. The SMILES string of the molecule is CC(C)(C)CC(=O)C1=CCCO1. The summed E-state index contributed by atoms with van der Waals surface area (Å²) in [6.07, 6.45) is 3.33. The fraction of sp³-hybridized carbons (Fsp3) is 0.700. The molecule has 0 saturated heterocycles. The molecule has 0 bridgehead atoms. The van der Waals surface area contributed by atoms with Crippen LogP contribution in [0.5, 0.6) is 0 Å². The number of rotatable bonds is 2. The van der Waals surface area contributed by atoms with Gasteiger partial charge in [-0.3, -0.25) is 4.79 Å². The van der Waals surface area contributed by atoms with Crippen molar-refractivity contribution in [2.45, 2.75) is 33.6 Å². The number of ether oxygens (including phenoxy) is 1. The van der Waals surface area contributed by atoms with Crippen LogP contribution in [-0.2, 0) is 9.53 Å². The minimum Gasteiger partial charge on any atom is -0.490 e. The average molecular weight is 168 g/mol. The highest BCUT2D eigenvalue weighted by Gasteiger charge is 2.21. The van der Waals surface area contributed by atoms with Crippen molar-refractivity contribution in [2.75, 3.05) is 6.61 Å². The minimum absolute atomic E-state index is 0.0594. The second-order valence-electron chi connectivity index (χ2n) is 4.37. The van der Waals surface area contributed by atoms with Crippen LogP contribution >= 0.6 is 0 Å². The average Bonchev–Trinajstić information content (AvgIpc) is 2.32. The molecule has 1 rings (SSSR count). The zero-order valence-electron chi connectivity index (χ0n) is 8.02. The van der Waals surface area contributed by atoms with E-state index in [4.69, 9.17) is 4.74 Å². The van der Waals surface area contributed by atoms with E-state index in [2.05, 4.69) is 20.8 Å². The molecule has 0 radical (unpaired) electrons. The number of Topliss-reactive ketones (excluding diaryl/α,β-unsaturated/α-hetero) is 1. The maximum absolute atomic E-state index is 11.5. The summed E-state index contributed by atoms with van der Waals surface area (Å²) in [5.74, 6) is 0.713. The predicted molar refractivity (Wildman–Crippen MR) is 47.7 cm³/mol. The van der Waals surface area contributed by atoms with Crippen LogP contribution in [0.3, 0.4) is 0 Å². The molecule has 2 nitrogen and oxygen atoms in total. The van der Waals surface area contributed by atoms with E-state index in [-0.39, 0.29) is 11.2 Å². The summed E-state index contributed by atoms with van der Waals surface area (Å²) in [5.41, 5.74) is 0.0594. The van der Waals surface area contributed by atoms with E-state index in [0.717, 1.165) is 6.42 Å². The van der Waals surface area contributed by atoms with Gasteiger partial charge in [-0.15, -0.1) is 0 Å². The number of carbonyl (C=O) groups is 1. The lowest BCUT2D eigenvalue weighted by atomic mass is 9.89. The molecule has 68 valence electrons. The van der Waals surface area contributed by atoms with Crippen LogP contribution in [0, 0.1) is 5.41 Å². The molecule has 0 aromatic heterocycles. The molecule has 0 spiro atoms. The van der Waals surface area contributed by atoms with Crippen molar-refractivity contribution < 1.29 is 9.53 Å². The number of hydrogen-bond donors (Lipinski definition) is 0. The van der Waals surface area contributed by atoms with Gasteiger partial charge in [0.25, 0.3) is 0 Å². The van der Waals surface area contributed by atoms with Gasteiger partial charge >= 0.3 is 0 Å². The quantitative estimate of drug-likeness (QED) is 0.632. The molecule has 1 aliphatic rings. The Balaban J connectivity index is 2.49. The van der Waals surface area contributed by atoms with Crippen LogP contribution in [0.2, 0.25) is 0 Å². The Morgan fingerprint density at radius 3 is 2.67 bits per heavy atom. The van der Waals surface area contributed by atoms with Crippen LogP contribution in [0.15, 0.2) is 11.8 Å². The highest BCUT2D eigenvalue weighted by atomic mass is 16.5. The van der Waals surface area contributed by atoms with E-state index < -0.39 is 0 Å². The first-order chi connectivity index (χ1) is 5.49. The van der Waals surface area contributed by atoms with Gasteiger partial charge in [-0.05, 0) is 11.5 Å². The van der Waals surface area contributed by atoms with Gasteiger partial charge in [-0.1, -0.05) is 20.8 Å². The minimum atomic E-state index is 0.0594. The molecule has 0 amide bonds. The standard InChI is InChI=1S/C10H16O2/c1-10(2,3)7-8(11)9-5-4-6-12-9/h5H,4,6-7H2,1-3H3. The van der Waals surface area contributed by atoms with Gasteiger partial charge in [0.1, 0.15) is 0 Å². The first kappa shape index (κ1) is 9.30. The summed E-state index contributed by atoms with van der Waals surface area (Å²) in [6.45, 7) is 6.84. The molecule has 0 saturated carbocycles.